The maximum Gasteiger partial charge on any atom is 0.312 e. The third-order valence-corrected chi connectivity index (χ3v) is 4.40. The quantitative estimate of drug-likeness (QED) is 0.338. The number of rotatable bonds is 8. The normalized spacial score (nSPS) is 10.9. The number of hydrogen-bond acceptors (Lipinski definition) is 6. The van der Waals surface area contributed by atoms with Crippen LogP contribution in [0.2, 0.25) is 0 Å². The van der Waals surface area contributed by atoms with E-state index in [9.17, 15) is 19.3 Å². The molecule has 3 aromatic rings. The van der Waals surface area contributed by atoms with Crippen LogP contribution in [0.3, 0.4) is 0 Å². The summed E-state index contributed by atoms with van der Waals surface area (Å²) in [6.07, 6.45) is 1.46. The molecule has 0 spiro atoms. The molecule has 0 aliphatic heterocycles. The fourth-order valence-electron chi connectivity index (χ4n) is 2.90. The van der Waals surface area contributed by atoms with Crippen LogP contribution >= 0.6 is 0 Å². The van der Waals surface area contributed by atoms with E-state index in [4.69, 9.17) is 4.74 Å². The first kappa shape index (κ1) is 21.6. The second-order valence-electron chi connectivity index (χ2n) is 6.71. The number of benzene rings is 2. The summed E-state index contributed by atoms with van der Waals surface area (Å²) in [7, 11) is 0. The van der Waals surface area contributed by atoms with Crippen LogP contribution in [-0.4, -0.2) is 26.8 Å². The molecule has 2 aromatic carbocycles. The largest absolute Gasteiger partial charge is 0.489 e. The van der Waals surface area contributed by atoms with Gasteiger partial charge in [0.05, 0.1) is 11.1 Å². The lowest BCUT2D eigenvalue weighted by Gasteiger charge is -2.06. The van der Waals surface area contributed by atoms with E-state index in [2.05, 4.69) is 15.6 Å². The number of nitrogens with one attached hydrogen (secondary N) is 1. The fourth-order valence-corrected chi connectivity index (χ4v) is 2.90. The highest BCUT2D eigenvalue weighted by Gasteiger charge is 2.22. The Morgan fingerprint density at radius 3 is 2.68 bits per heavy atom. The summed E-state index contributed by atoms with van der Waals surface area (Å²) in [4.78, 5) is 22.5. The summed E-state index contributed by atoms with van der Waals surface area (Å²) in [5.74, 6) is -0.172. The van der Waals surface area contributed by atoms with Crippen molar-refractivity contribution >= 4 is 17.8 Å². The van der Waals surface area contributed by atoms with E-state index in [1.165, 1.54) is 36.9 Å². The van der Waals surface area contributed by atoms with Gasteiger partial charge in [-0.3, -0.25) is 19.6 Å². The van der Waals surface area contributed by atoms with Crippen molar-refractivity contribution in [3.8, 4) is 5.75 Å². The Balaban J connectivity index is 1.51. The van der Waals surface area contributed by atoms with Gasteiger partial charge in [-0.05, 0) is 61.4 Å². The van der Waals surface area contributed by atoms with Crippen LogP contribution in [0.4, 0.5) is 10.1 Å². The number of aromatic nitrogens is 2. The summed E-state index contributed by atoms with van der Waals surface area (Å²) < 4.78 is 20.1. The van der Waals surface area contributed by atoms with Gasteiger partial charge in [-0.2, -0.15) is 10.2 Å². The van der Waals surface area contributed by atoms with Crippen molar-refractivity contribution in [3.05, 3.63) is 87.0 Å². The highest BCUT2D eigenvalue weighted by Crippen LogP contribution is 2.21. The molecule has 1 heterocycles. The van der Waals surface area contributed by atoms with Gasteiger partial charge < -0.3 is 4.74 Å². The molecule has 31 heavy (non-hydrogen) atoms. The average Bonchev–Trinajstić information content (AvgIpc) is 3.00. The first-order valence-corrected chi connectivity index (χ1v) is 9.31. The molecule has 0 saturated heterocycles. The van der Waals surface area contributed by atoms with Crippen LogP contribution in [0.25, 0.3) is 0 Å². The van der Waals surface area contributed by atoms with E-state index >= 15 is 0 Å². The lowest BCUT2D eigenvalue weighted by molar-refractivity contribution is -0.386. The molecule has 9 nitrogen and oxygen atoms in total. The van der Waals surface area contributed by atoms with Crippen LogP contribution in [0.5, 0.6) is 5.75 Å². The molecule has 160 valence electrons. The van der Waals surface area contributed by atoms with Crippen LogP contribution in [-0.2, 0) is 17.9 Å². The zero-order valence-corrected chi connectivity index (χ0v) is 16.9. The molecule has 1 amide bonds. The Morgan fingerprint density at radius 1 is 1.29 bits per heavy atom. The van der Waals surface area contributed by atoms with Gasteiger partial charge in [-0.15, -0.1) is 0 Å². The minimum Gasteiger partial charge on any atom is -0.489 e. The van der Waals surface area contributed by atoms with Gasteiger partial charge >= 0.3 is 5.69 Å². The van der Waals surface area contributed by atoms with Crippen LogP contribution in [0.1, 0.15) is 22.5 Å². The molecule has 0 aliphatic carbocycles. The van der Waals surface area contributed by atoms with Gasteiger partial charge in [0.25, 0.3) is 5.91 Å². The molecule has 0 fully saturated rings. The zero-order chi connectivity index (χ0) is 22.4. The maximum absolute atomic E-state index is 13.2. The highest BCUT2D eigenvalue weighted by atomic mass is 19.1. The molecule has 0 unspecified atom stereocenters. The monoisotopic (exact) mass is 425 g/mol. The molecule has 1 aromatic heterocycles. The Morgan fingerprint density at radius 2 is 2.03 bits per heavy atom. The van der Waals surface area contributed by atoms with Gasteiger partial charge in [0, 0.05) is 0 Å². The third-order valence-electron chi connectivity index (χ3n) is 4.40. The second-order valence-corrected chi connectivity index (χ2v) is 6.71. The number of nitrogens with zero attached hydrogens (tertiary/aromatic N) is 4. The fraction of sp³-hybridized carbons (Fsp3) is 0.190. The number of aryl methyl sites for hydroxylation is 1. The van der Waals surface area contributed by atoms with Crippen molar-refractivity contribution < 1.29 is 18.8 Å². The molecule has 0 atom stereocenters. The Hall–Kier alpha value is -4.08. The number of hydrogen-bond donors (Lipinski definition) is 1. The van der Waals surface area contributed by atoms with E-state index in [1.54, 1.807) is 36.4 Å². The summed E-state index contributed by atoms with van der Waals surface area (Å²) in [6, 6.07) is 13.2. The number of hydrazone groups is 1. The Kier molecular flexibility index (Phi) is 6.71. The molecule has 3 rings (SSSR count). The lowest BCUT2D eigenvalue weighted by Crippen LogP contribution is -2.24. The lowest BCUT2D eigenvalue weighted by atomic mass is 10.2. The minimum atomic E-state index is -0.518. The first-order chi connectivity index (χ1) is 14.8. The van der Waals surface area contributed by atoms with E-state index < -0.39 is 10.8 Å². The van der Waals surface area contributed by atoms with Crippen molar-refractivity contribution in [3.63, 3.8) is 0 Å². The van der Waals surface area contributed by atoms with E-state index in [1.807, 2.05) is 0 Å². The molecular formula is C21H20FN5O4. The molecule has 10 heteroatoms. The number of carbonyl (C=O) groups excluding carboxylic acids is 1. The smallest absolute Gasteiger partial charge is 0.312 e. The third kappa shape index (κ3) is 5.72. The number of amides is 1. The van der Waals surface area contributed by atoms with Crippen molar-refractivity contribution in [1.82, 2.24) is 15.2 Å². The minimum absolute atomic E-state index is 0.101. The van der Waals surface area contributed by atoms with Crippen LogP contribution in [0.15, 0.2) is 53.6 Å². The summed E-state index contributed by atoms with van der Waals surface area (Å²) in [6.45, 7) is 3.10. The standard InChI is InChI=1S/C21H20FN5O4/c1-14-21(27(29)30)15(2)26(25-14)12-20(28)24-23-11-16-6-8-19(9-7-16)31-13-17-4-3-5-18(22)10-17/h3-11H,12-13H2,1-2H3,(H,24,28)/b23-11+. The zero-order valence-electron chi connectivity index (χ0n) is 16.9. The predicted octanol–water partition coefficient (Wildman–Crippen LogP) is 3.28. The number of ether oxygens (including phenoxy) is 1. The van der Waals surface area contributed by atoms with Crippen LogP contribution in [0, 0.1) is 29.8 Å². The van der Waals surface area contributed by atoms with Crippen molar-refractivity contribution in [2.24, 2.45) is 5.10 Å². The first-order valence-electron chi connectivity index (χ1n) is 9.31. The maximum atomic E-state index is 13.2. The summed E-state index contributed by atoms with van der Waals surface area (Å²) >= 11 is 0. The van der Waals surface area contributed by atoms with Gasteiger partial charge in [0.2, 0.25) is 0 Å². The van der Waals surface area contributed by atoms with E-state index in [0.717, 1.165) is 11.1 Å². The van der Waals surface area contributed by atoms with Gasteiger partial charge in [-0.1, -0.05) is 12.1 Å². The van der Waals surface area contributed by atoms with Crippen LogP contribution < -0.4 is 10.2 Å². The highest BCUT2D eigenvalue weighted by molar-refractivity contribution is 5.82. The van der Waals surface area contributed by atoms with Crippen molar-refractivity contribution in [1.29, 1.82) is 0 Å². The molecule has 0 bridgehead atoms. The molecule has 1 N–H and O–H groups in total. The van der Waals surface area contributed by atoms with Gasteiger partial charge in [0.1, 0.15) is 36.1 Å². The van der Waals surface area contributed by atoms with E-state index in [-0.39, 0.29) is 30.4 Å². The number of carbonyl (C=O) groups is 1. The SMILES string of the molecule is Cc1nn(CC(=O)N/N=C/c2ccc(OCc3cccc(F)c3)cc2)c(C)c1[N+](=O)[O-]. The summed E-state index contributed by atoms with van der Waals surface area (Å²) in [5.41, 5.74) is 4.26. The van der Waals surface area contributed by atoms with Gasteiger partial charge in [-0.25, -0.2) is 9.82 Å². The molecule has 0 radical (unpaired) electrons. The number of halogens is 1. The van der Waals surface area contributed by atoms with Gasteiger partial charge in [0.15, 0.2) is 0 Å². The predicted molar refractivity (Wildman–Crippen MR) is 111 cm³/mol. The average molecular weight is 425 g/mol. The van der Waals surface area contributed by atoms with Crippen molar-refractivity contribution in [2.45, 2.75) is 27.0 Å². The molecule has 0 saturated carbocycles. The molecular weight excluding hydrogens is 405 g/mol. The van der Waals surface area contributed by atoms with E-state index in [0.29, 0.717) is 11.4 Å². The Bertz CT molecular complexity index is 1130. The number of nitro groups is 1. The second kappa shape index (κ2) is 9.61. The summed E-state index contributed by atoms with van der Waals surface area (Å²) in [5, 5.41) is 18.9. The molecule has 0 aliphatic rings. The topological polar surface area (TPSA) is 112 Å². The Labute approximate surface area is 177 Å². The van der Waals surface area contributed by atoms with Crippen molar-refractivity contribution in [2.75, 3.05) is 0 Å².